The van der Waals surface area contributed by atoms with E-state index in [2.05, 4.69) is 53.3 Å². The summed E-state index contributed by atoms with van der Waals surface area (Å²) in [6.07, 6.45) is 6.83. The normalized spacial score (nSPS) is 15.0. The van der Waals surface area contributed by atoms with Gasteiger partial charge in [0.1, 0.15) is 0 Å². The van der Waals surface area contributed by atoms with Crippen molar-refractivity contribution in [3.05, 3.63) is 103 Å². The standard InChI is InChI=1S/C28H29N3O2/c1-2-16-30-27(33)28(14-19-31(20-15-28)26(32)25-12-17-29-18-13-25)21-22-8-10-24(11-9-22)23-6-4-3-5-7-23/h2-13,17-18H,1,14-16,19-21H2,(H,30,33). The molecule has 1 fully saturated rings. The van der Waals surface area contributed by atoms with E-state index in [9.17, 15) is 9.59 Å². The molecule has 5 heteroatoms. The predicted octanol–water partition coefficient (Wildman–Crippen LogP) is 4.52. The summed E-state index contributed by atoms with van der Waals surface area (Å²) in [5, 5.41) is 3.01. The fourth-order valence-corrected chi connectivity index (χ4v) is 4.49. The van der Waals surface area contributed by atoms with Crippen LogP contribution in [0.5, 0.6) is 0 Å². The topological polar surface area (TPSA) is 62.3 Å². The summed E-state index contributed by atoms with van der Waals surface area (Å²) in [5.74, 6) is 0.0234. The van der Waals surface area contributed by atoms with E-state index < -0.39 is 5.41 Å². The number of carbonyl (C=O) groups is 2. The minimum Gasteiger partial charge on any atom is -0.352 e. The first kappa shape index (κ1) is 22.5. The van der Waals surface area contributed by atoms with Crippen LogP contribution in [0.4, 0.5) is 0 Å². The van der Waals surface area contributed by atoms with E-state index >= 15 is 0 Å². The van der Waals surface area contributed by atoms with Gasteiger partial charge in [0.25, 0.3) is 5.91 Å². The minimum atomic E-state index is -0.549. The Labute approximate surface area is 195 Å². The molecule has 1 aliphatic rings. The van der Waals surface area contributed by atoms with E-state index in [1.165, 1.54) is 5.56 Å². The molecule has 168 valence electrons. The van der Waals surface area contributed by atoms with Gasteiger partial charge in [0.15, 0.2) is 0 Å². The van der Waals surface area contributed by atoms with Crippen LogP contribution in [-0.4, -0.2) is 41.3 Å². The molecule has 0 spiro atoms. The van der Waals surface area contributed by atoms with E-state index in [1.54, 1.807) is 30.6 Å². The van der Waals surface area contributed by atoms with Crippen LogP contribution in [0.25, 0.3) is 11.1 Å². The van der Waals surface area contributed by atoms with Gasteiger partial charge in [-0.25, -0.2) is 0 Å². The molecule has 0 bridgehead atoms. The molecule has 0 aliphatic carbocycles. The number of hydrogen-bond acceptors (Lipinski definition) is 3. The van der Waals surface area contributed by atoms with Crippen LogP contribution in [0.1, 0.15) is 28.8 Å². The van der Waals surface area contributed by atoms with Gasteiger partial charge < -0.3 is 10.2 Å². The molecule has 2 aromatic carbocycles. The lowest BCUT2D eigenvalue weighted by molar-refractivity contribution is -0.133. The van der Waals surface area contributed by atoms with E-state index in [-0.39, 0.29) is 11.8 Å². The summed E-state index contributed by atoms with van der Waals surface area (Å²) in [6.45, 7) is 5.25. The Morgan fingerprint density at radius 1 is 0.939 bits per heavy atom. The van der Waals surface area contributed by atoms with Gasteiger partial charge in [0, 0.05) is 37.6 Å². The number of carbonyl (C=O) groups excluding carboxylic acids is 2. The molecule has 2 amide bonds. The molecule has 0 atom stereocenters. The lowest BCUT2D eigenvalue weighted by Gasteiger charge is -2.41. The third-order valence-electron chi connectivity index (χ3n) is 6.43. The first-order chi connectivity index (χ1) is 16.1. The van der Waals surface area contributed by atoms with Crippen LogP contribution in [0.2, 0.25) is 0 Å². The molecule has 1 saturated heterocycles. The zero-order valence-corrected chi connectivity index (χ0v) is 18.7. The second-order valence-corrected chi connectivity index (χ2v) is 8.55. The summed E-state index contributed by atoms with van der Waals surface area (Å²) in [7, 11) is 0. The highest BCUT2D eigenvalue weighted by atomic mass is 16.2. The van der Waals surface area contributed by atoms with Gasteiger partial charge in [0.2, 0.25) is 5.91 Å². The van der Waals surface area contributed by atoms with Gasteiger partial charge in [-0.3, -0.25) is 14.6 Å². The van der Waals surface area contributed by atoms with Crippen LogP contribution < -0.4 is 5.32 Å². The maximum absolute atomic E-state index is 13.2. The van der Waals surface area contributed by atoms with Crippen molar-refractivity contribution in [2.24, 2.45) is 5.41 Å². The summed E-state index contributed by atoms with van der Waals surface area (Å²) < 4.78 is 0. The summed E-state index contributed by atoms with van der Waals surface area (Å²) in [4.78, 5) is 31.9. The molecule has 1 aliphatic heterocycles. The Morgan fingerprint density at radius 3 is 2.21 bits per heavy atom. The molecule has 1 N–H and O–H groups in total. The summed E-state index contributed by atoms with van der Waals surface area (Å²) in [6, 6.07) is 22.2. The van der Waals surface area contributed by atoms with Crippen molar-refractivity contribution in [1.82, 2.24) is 15.2 Å². The molecule has 1 aromatic heterocycles. The van der Waals surface area contributed by atoms with E-state index in [4.69, 9.17) is 0 Å². The molecule has 33 heavy (non-hydrogen) atoms. The largest absolute Gasteiger partial charge is 0.352 e. The Morgan fingerprint density at radius 2 is 1.58 bits per heavy atom. The van der Waals surface area contributed by atoms with E-state index in [1.807, 2.05) is 23.1 Å². The number of nitrogens with one attached hydrogen (secondary N) is 1. The quantitative estimate of drug-likeness (QED) is 0.551. The fourth-order valence-electron chi connectivity index (χ4n) is 4.49. The first-order valence-corrected chi connectivity index (χ1v) is 11.3. The van der Waals surface area contributed by atoms with Crippen molar-refractivity contribution < 1.29 is 9.59 Å². The average molecular weight is 440 g/mol. The molecular formula is C28H29N3O2. The van der Waals surface area contributed by atoms with Gasteiger partial charge >= 0.3 is 0 Å². The predicted molar refractivity (Wildman–Crippen MR) is 131 cm³/mol. The zero-order valence-electron chi connectivity index (χ0n) is 18.7. The number of hydrogen-bond donors (Lipinski definition) is 1. The number of amides is 2. The Bertz CT molecular complexity index is 1090. The number of likely N-dealkylation sites (tertiary alicyclic amines) is 1. The lowest BCUT2D eigenvalue weighted by atomic mass is 9.72. The molecule has 2 heterocycles. The van der Waals surface area contributed by atoms with Crippen LogP contribution in [0.3, 0.4) is 0 Å². The maximum atomic E-state index is 13.2. The number of rotatable bonds is 7. The SMILES string of the molecule is C=CCNC(=O)C1(Cc2ccc(-c3ccccc3)cc2)CCN(C(=O)c2ccncc2)CC1. The molecule has 4 rings (SSSR count). The first-order valence-electron chi connectivity index (χ1n) is 11.3. The van der Waals surface area contributed by atoms with Gasteiger partial charge in [-0.05, 0) is 48.1 Å². The molecule has 5 nitrogen and oxygen atoms in total. The highest BCUT2D eigenvalue weighted by molar-refractivity contribution is 5.94. The second-order valence-electron chi connectivity index (χ2n) is 8.55. The Kier molecular flexibility index (Phi) is 6.98. The molecule has 0 radical (unpaired) electrons. The monoisotopic (exact) mass is 439 g/mol. The maximum Gasteiger partial charge on any atom is 0.253 e. The second kappa shape index (κ2) is 10.3. The van der Waals surface area contributed by atoms with Crippen LogP contribution in [-0.2, 0) is 11.2 Å². The van der Waals surface area contributed by atoms with Crippen molar-refractivity contribution in [3.8, 4) is 11.1 Å². The van der Waals surface area contributed by atoms with Crippen molar-refractivity contribution in [2.45, 2.75) is 19.3 Å². The van der Waals surface area contributed by atoms with Crippen LogP contribution >= 0.6 is 0 Å². The Balaban J connectivity index is 1.50. The molecule has 0 unspecified atom stereocenters. The number of nitrogens with zero attached hydrogens (tertiary/aromatic N) is 2. The summed E-state index contributed by atoms with van der Waals surface area (Å²) >= 11 is 0. The Hall–Kier alpha value is -3.73. The number of benzene rings is 2. The van der Waals surface area contributed by atoms with E-state index in [0.29, 0.717) is 44.5 Å². The van der Waals surface area contributed by atoms with Gasteiger partial charge in [-0.2, -0.15) is 0 Å². The highest BCUT2D eigenvalue weighted by Gasteiger charge is 2.42. The van der Waals surface area contributed by atoms with Crippen molar-refractivity contribution in [1.29, 1.82) is 0 Å². The van der Waals surface area contributed by atoms with Crippen LogP contribution in [0.15, 0.2) is 91.8 Å². The number of piperidine rings is 1. The smallest absolute Gasteiger partial charge is 0.253 e. The van der Waals surface area contributed by atoms with E-state index in [0.717, 1.165) is 11.1 Å². The van der Waals surface area contributed by atoms with Crippen LogP contribution in [0, 0.1) is 5.41 Å². The fraction of sp³-hybridized carbons (Fsp3) is 0.250. The van der Waals surface area contributed by atoms with Gasteiger partial charge in [-0.15, -0.1) is 6.58 Å². The van der Waals surface area contributed by atoms with Gasteiger partial charge in [-0.1, -0.05) is 60.7 Å². The molecular weight excluding hydrogens is 410 g/mol. The third kappa shape index (κ3) is 5.20. The lowest BCUT2D eigenvalue weighted by Crippen LogP contribution is -2.51. The zero-order chi connectivity index (χ0) is 23.1. The molecule has 3 aromatic rings. The van der Waals surface area contributed by atoms with Crippen molar-refractivity contribution >= 4 is 11.8 Å². The number of pyridine rings is 1. The number of aromatic nitrogens is 1. The van der Waals surface area contributed by atoms with Gasteiger partial charge in [0.05, 0.1) is 5.41 Å². The highest BCUT2D eigenvalue weighted by Crippen LogP contribution is 2.36. The van der Waals surface area contributed by atoms with Crippen molar-refractivity contribution in [2.75, 3.05) is 19.6 Å². The summed E-state index contributed by atoms with van der Waals surface area (Å²) in [5.41, 5.74) is 3.53. The van der Waals surface area contributed by atoms with Crippen molar-refractivity contribution in [3.63, 3.8) is 0 Å². The minimum absolute atomic E-state index is 0.00952. The average Bonchev–Trinajstić information content (AvgIpc) is 2.88. The molecule has 0 saturated carbocycles. The third-order valence-corrected chi connectivity index (χ3v) is 6.43.